The Labute approximate surface area is 122 Å². The number of nitrogens with zero attached hydrogens (tertiary/aromatic N) is 1. The largest absolute Gasteiger partial charge is 0.338 e. The van der Waals surface area contributed by atoms with Gasteiger partial charge in [-0.15, -0.1) is 12.4 Å². The van der Waals surface area contributed by atoms with E-state index >= 15 is 0 Å². The molecule has 3 nitrogen and oxygen atoms in total. The molecule has 18 heavy (non-hydrogen) atoms. The van der Waals surface area contributed by atoms with Crippen LogP contribution in [0.15, 0.2) is 22.7 Å². The lowest BCUT2D eigenvalue weighted by Gasteiger charge is -2.31. The fraction of sp³-hybridized carbons (Fsp3) is 0.462. The first-order valence-corrected chi connectivity index (χ1v) is 6.68. The molecule has 100 valence electrons. The predicted octanol–water partition coefficient (Wildman–Crippen LogP) is 2.35. The summed E-state index contributed by atoms with van der Waals surface area (Å²) in [6, 6.07) is 6.16. The summed E-state index contributed by atoms with van der Waals surface area (Å²) >= 11 is 3.56. The molecule has 1 aromatic rings. The maximum absolute atomic E-state index is 12.1. The van der Waals surface area contributed by atoms with Crippen LogP contribution in [-0.2, 0) is 17.8 Å². The second kappa shape index (κ2) is 6.55. The quantitative estimate of drug-likeness (QED) is 0.903. The Balaban J connectivity index is 0.00000162. The lowest BCUT2D eigenvalue weighted by Crippen LogP contribution is -2.41. The first kappa shape index (κ1) is 15.5. The summed E-state index contributed by atoms with van der Waals surface area (Å²) in [5, 5.41) is 0. The first-order chi connectivity index (χ1) is 8.13. The fourth-order valence-corrected chi connectivity index (χ4v) is 2.77. The number of halogens is 2. The highest BCUT2D eigenvalue weighted by atomic mass is 79.9. The normalized spacial score (nSPS) is 15.6. The van der Waals surface area contributed by atoms with Gasteiger partial charge in [0.05, 0.1) is 0 Å². The highest BCUT2D eigenvalue weighted by Gasteiger charge is 2.24. The number of rotatable bonds is 2. The monoisotopic (exact) mass is 332 g/mol. The topological polar surface area (TPSA) is 46.3 Å². The highest BCUT2D eigenvalue weighted by molar-refractivity contribution is 9.10. The molecule has 2 N–H and O–H groups in total. The molecule has 0 bridgehead atoms. The van der Waals surface area contributed by atoms with Crippen LogP contribution in [0.1, 0.15) is 18.1 Å². The number of benzene rings is 1. The summed E-state index contributed by atoms with van der Waals surface area (Å²) in [5.74, 6) is 0.0850. The molecule has 1 amide bonds. The maximum atomic E-state index is 12.1. The van der Waals surface area contributed by atoms with Crippen molar-refractivity contribution in [3.05, 3.63) is 33.8 Å². The Morgan fingerprint density at radius 1 is 1.56 bits per heavy atom. The number of hydrogen-bond donors (Lipinski definition) is 1. The lowest BCUT2D eigenvalue weighted by molar-refractivity contribution is -0.135. The minimum absolute atomic E-state index is 0. The summed E-state index contributed by atoms with van der Waals surface area (Å²) in [5.41, 5.74) is 8.11. The van der Waals surface area contributed by atoms with E-state index in [-0.39, 0.29) is 24.2 Å². The number of nitrogens with two attached hydrogens (primary N) is 1. The second-order valence-corrected chi connectivity index (χ2v) is 5.38. The van der Waals surface area contributed by atoms with Gasteiger partial charge < -0.3 is 10.6 Å². The van der Waals surface area contributed by atoms with Crippen molar-refractivity contribution in [2.45, 2.75) is 19.9 Å². The van der Waals surface area contributed by atoms with E-state index in [0.29, 0.717) is 13.1 Å². The van der Waals surface area contributed by atoms with Crippen molar-refractivity contribution >= 4 is 34.2 Å². The molecule has 0 saturated carbocycles. The summed E-state index contributed by atoms with van der Waals surface area (Å²) in [6.45, 7) is 3.80. The minimum Gasteiger partial charge on any atom is -0.338 e. The Hall–Kier alpha value is -0.580. The second-order valence-electron chi connectivity index (χ2n) is 4.52. The van der Waals surface area contributed by atoms with Gasteiger partial charge in [-0.1, -0.05) is 35.0 Å². The van der Waals surface area contributed by atoms with E-state index in [0.717, 1.165) is 17.4 Å². The number of fused-ring (bicyclic) bond motifs is 1. The SMILES string of the molecule is CC(CN)C(=O)N1CCc2c(Br)cccc2C1.Cl. The van der Waals surface area contributed by atoms with Gasteiger partial charge in [0.25, 0.3) is 0 Å². The summed E-state index contributed by atoms with van der Waals surface area (Å²) in [4.78, 5) is 14.0. The molecular formula is C13H18BrClN2O. The Morgan fingerprint density at radius 2 is 2.28 bits per heavy atom. The van der Waals surface area contributed by atoms with Crippen molar-refractivity contribution in [1.29, 1.82) is 0 Å². The van der Waals surface area contributed by atoms with E-state index in [4.69, 9.17) is 5.73 Å². The van der Waals surface area contributed by atoms with Crippen LogP contribution < -0.4 is 5.73 Å². The molecule has 1 aliphatic heterocycles. The predicted molar refractivity (Wildman–Crippen MR) is 78.7 cm³/mol. The van der Waals surface area contributed by atoms with Crippen molar-refractivity contribution in [3.63, 3.8) is 0 Å². The van der Waals surface area contributed by atoms with Crippen molar-refractivity contribution in [2.24, 2.45) is 11.7 Å². The molecule has 5 heteroatoms. The summed E-state index contributed by atoms with van der Waals surface area (Å²) in [6.07, 6.45) is 0.916. The molecule has 0 radical (unpaired) electrons. The lowest BCUT2D eigenvalue weighted by atomic mass is 9.98. The van der Waals surface area contributed by atoms with Gasteiger partial charge in [-0.2, -0.15) is 0 Å². The smallest absolute Gasteiger partial charge is 0.226 e. The zero-order valence-electron chi connectivity index (χ0n) is 10.4. The highest BCUT2D eigenvalue weighted by Crippen LogP contribution is 2.26. The molecule has 0 saturated heterocycles. The van der Waals surface area contributed by atoms with Crippen LogP contribution in [0.4, 0.5) is 0 Å². The average molecular weight is 334 g/mol. The third kappa shape index (κ3) is 3.05. The fourth-order valence-electron chi connectivity index (χ4n) is 2.16. The van der Waals surface area contributed by atoms with Crippen molar-refractivity contribution < 1.29 is 4.79 Å². The van der Waals surface area contributed by atoms with Crippen LogP contribution in [0.25, 0.3) is 0 Å². The van der Waals surface area contributed by atoms with Crippen LogP contribution in [0.3, 0.4) is 0 Å². The molecule has 2 rings (SSSR count). The van der Waals surface area contributed by atoms with Crippen LogP contribution in [-0.4, -0.2) is 23.9 Å². The molecule has 0 spiro atoms. The third-order valence-corrected chi connectivity index (χ3v) is 4.04. The van der Waals surface area contributed by atoms with Crippen molar-refractivity contribution in [3.8, 4) is 0 Å². The Kier molecular flexibility index (Phi) is 5.63. The zero-order chi connectivity index (χ0) is 12.4. The van der Waals surface area contributed by atoms with Crippen molar-refractivity contribution in [1.82, 2.24) is 4.90 Å². The Bertz CT molecular complexity index is 439. The molecule has 1 atom stereocenters. The average Bonchev–Trinajstić information content (AvgIpc) is 2.37. The molecule has 0 fully saturated rings. The minimum atomic E-state index is -0.0799. The molecule has 1 aliphatic rings. The molecule has 0 aromatic heterocycles. The van der Waals surface area contributed by atoms with Crippen LogP contribution in [0, 0.1) is 5.92 Å². The Morgan fingerprint density at radius 3 is 2.94 bits per heavy atom. The number of hydrogen-bond acceptors (Lipinski definition) is 2. The molecule has 1 unspecified atom stereocenters. The maximum Gasteiger partial charge on any atom is 0.226 e. The van der Waals surface area contributed by atoms with E-state index in [2.05, 4.69) is 28.1 Å². The first-order valence-electron chi connectivity index (χ1n) is 5.88. The van der Waals surface area contributed by atoms with Crippen LogP contribution in [0.5, 0.6) is 0 Å². The van der Waals surface area contributed by atoms with Gasteiger partial charge in [0, 0.05) is 30.0 Å². The molecule has 1 heterocycles. The number of amides is 1. The molecule has 0 aliphatic carbocycles. The van der Waals surface area contributed by atoms with Gasteiger partial charge in [-0.25, -0.2) is 0 Å². The van der Waals surface area contributed by atoms with Gasteiger partial charge in [0.1, 0.15) is 0 Å². The van der Waals surface area contributed by atoms with Gasteiger partial charge in [0.15, 0.2) is 0 Å². The van der Waals surface area contributed by atoms with E-state index in [1.54, 1.807) is 0 Å². The van der Waals surface area contributed by atoms with Gasteiger partial charge in [0.2, 0.25) is 5.91 Å². The number of carbonyl (C=O) groups excluding carboxylic acids is 1. The van der Waals surface area contributed by atoms with Gasteiger partial charge in [-0.3, -0.25) is 4.79 Å². The zero-order valence-corrected chi connectivity index (χ0v) is 12.8. The van der Waals surface area contributed by atoms with E-state index in [9.17, 15) is 4.79 Å². The van der Waals surface area contributed by atoms with E-state index < -0.39 is 0 Å². The standard InChI is InChI=1S/C13H17BrN2O.ClH/c1-9(7-15)13(17)16-6-5-11-10(8-16)3-2-4-12(11)14;/h2-4,9H,5-8,15H2,1H3;1H. The van der Waals surface area contributed by atoms with Crippen LogP contribution in [0.2, 0.25) is 0 Å². The third-order valence-electron chi connectivity index (χ3n) is 3.30. The van der Waals surface area contributed by atoms with Gasteiger partial charge >= 0.3 is 0 Å². The summed E-state index contributed by atoms with van der Waals surface area (Å²) < 4.78 is 1.15. The van der Waals surface area contributed by atoms with E-state index in [1.807, 2.05) is 17.9 Å². The summed E-state index contributed by atoms with van der Waals surface area (Å²) in [7, 11) is 0. The van der Waals surface area contributed by atoms with E-state index in [1.165, 1.54) is 11.1 Å². The van der Waals surface area contributed by atoms with Gasteiger partial charge in [-0.05, 0) is 23.6 Å². The van der Waals surface area contributed by atoms with Crippen molar-refractivity contribution in [2.75, 3.05) is 13.1 Å². The molecule has 1 aromatic carbocycles. The number of carbonyl (C=O) groups is 1. The van der Waals surface area contributed by atoms with Crippen LogP contribution >= 0.6 is 28.3 Å². The molecular weight excluding hydrogens is 316 g/mol.